The number of anilines is 2. The summed E-state index contributed by atoms with van der Waals surface area (Å²) in [5.41, 5.74) is 1.55. The monoisotopic (exact) mass is 329 g/mol. The molecule has 1 unspecified atom stereocenters. The van der Waals surface area contributed by atoms with E-state index in [0.717, 1.165) is 42.8 Å². The van der Waals surface area contributed by atoms with Gasteiger partial charge in [0.25, 0.3) is 6.01 Å². The third-order valence-electron chi connectivity index (χ3n) is 3.97. The summed E-state index contributed by atoms with van der Waals surface area (Å²) in [6, 6.07) is 8.33. The Bertz CT molecular complexity index is 807. The molecule has 0 saturated carbocycles. The summed E-state index contributed by atoms with van der Waals surface area (Å²) >= 11 is 6.00. The molecule has 4 rings (SSSR count). The molecule has 1 saturated heterocycles. The molecule has 1 aliphatic rings. The topological polar surface area (TPSA) is 67.1 Å². The first-order chi connectivity index (χ1) is 11.3. The molecule has 23 heavy (non-hydrogen) atoms. The lowest BCUT2D eigenvalue weighted by molar-refractivity contribution is 0.482. The molecular weight excluding hydrogens is 314 g/mol. The van der Waals surface area contributed by atoms with Gasteiger partial charge < -0.3 is 14.6 Å². The molecule has 0 amide bonds. The van der Waals surface area contributed by atoms with E-state index in [1.54, 1.807) is 18.6 Å². The Labute approximate surface area is 138 Å². The van der Waals surface area contributed by atoms with E-state index in [2.05, 4.69) is 25.2 Å². The van der Waals surface area contributed by atoms with Crippen LogP contribution in [0.25, 0.3) is 11.1 Å². The second-order valence-corrected chi connectivity index (χ2v) is 6.07. The maximum Gasteiger partial charge on any atom is 0.298 e. The van der Waals surface area contributed by atoms with Crippen molar-refractivity contribution >= 4 is 34.5 Å². The zero-order valence-electron chi connectivity index (χ0n) is 12.4. The predicted molar refractivity (Wildman–Crippen MR) is 89.9 cm³/mol. The van der Waals surface area contributed by atoms with Gasteiger partial charge in [-0.1, -0.05) is 11.6 Å². The molecule has 0 spiro atoms. The Hall–Kier alpha value is -2.34. The number of nitrogens with one attached hydrogen (secondary N) is 1. The van der Waals surface area contributed by atoms with Crippen molar-refractivity contribution in [2.75, 3.05) is 23.3 Å². The van der Waals surface area contributed by atoms with E-state index in [9.17, 15) is 0 Å². The number of hydrogen-bond donors (Lipinski definition) is 1. The smallest absolute Gasteiger partial charge is 0.298 e. The van der Waals surface area contributed by atoms with Gasteiger partial charge in [0.2, 0.25) is 0 Å². The zero-order chi connectivity index (χ0) is 15.6. The molecule has 2 aromatic heterocycles. The first-order valence-electron chi connectivity index (χ1n) is 7.61. The summed E-state index contributed by atoms with van der Waals surface area (Å²) in [4.78, 5) is 14.9. The van der Waals surface area contributed by atoms with Crippen molar-refractivity contribution in [1.29, 1.82) is 0 Å². The highest BCUT2D eigenvalue weighted by Crippen LogP contribution is 2.27. The average molecular weight is 330 g/mol. The molecule has 1 atom stereocenters. The summed E-state index contributed by atoms with van der Waals surface area (Å²) in [5.74, 6) is 0.844. The van der Waals surface area contributed by atoms with E-state index in [4.69, 9.17) is 16.0 Å². The van der Waals surface area contributed by atoms with E-state index in [-0.39, 0.29) is 0 Å². The number of rotatable bonds is 3. The minimum Gasteiger partial charge on any atom is -0.423 e. The number of oxazole rings is 1. The number of piperidine rings is 1. The average Bonchev–Trinajstić information content (AvgIpc) is 2.99. The Morgan fingerprint density at radius 2 is 2.26 bits per heavy atom. The summed E-state index contributed by atoms with van der Waals surface area (Å²) < 4.78 is 5.86. The first-order valence-corrected chi connectivity index (χ1v) is 7.99. The lowest BCUT2D eigenvalue weighted by Gasteiger charge is -2.32. The minimum absolute atomic E-state index is 0.303. The standard InChI is InChI=1S/C16H16ClN5O/c17-11-3-4-13-14(8-11)23-16(21-13)22-7-1-2-12(9-22)20-15-5-6-18-10-19-15/h3-6,8,10,12H,1-2,7,9H2,(H,18,19,20). The molecule has 0 aliphatic carbocycles. The Morgan fingerprint density at radius 1 is 1.30 bits per heavy atom. The van der Waals surface area contributed by atoms with Gasteiger partial charge in [0.1, 0.15) is 17.7 Å². The largest absolute Gasteiger partial charge is 0.423 e. The summed E-state index contributed by atoms with van der Waals surface area (Å²) in [7, 11) is 0. The van der Waals surface area contributed by atoms with Gasteiger partial charge in [-0.25, -0.2) is 9.97 Å². The Morgan fingerprint density at radius 3 is 3.13 bits per heavy atom. The summed E-state index contributed by atoms with van der Waals surface area (Å²) in [6.07, 6.45) is 5.45. The molecule has 118 valence electrons. The van der Waals surface area contributed by atoms with Crippen molar-refractivity contribution in [3.8, 4) is 0 Å². The van der Waals surface area contributed by atoms with Crippen molar-refractivity contribution in [3.63, 3.8) is 0 Å². The van der Waals surface area contributed by atoms with Gasteiger partial charge in [0.05, 0.1) is 0 Å². The molecule has 1 aliphatic heterocycles. The van der Waals surface area contributed by atoms with E-state index in [1.165, 1.54) is 0 Å². The molecule has 1 aromatic carbocycles. The van der Waals surface area contributed by atoms with E-state index < -0.39 is 0 Å². The van der Waals surface area contributed by atoms with Gasteiger partial charge in [0.15, 0.2) is 5.58 Å². The zero-order valence-corrected chi connectivity index (χ0v) is 13.2. The van der Waals surface area contributed by atoms with Crippen LogP contribution in [0.4, 0.5) is 11.8 Å². The number of nitrogens with zero attached hydrogens (tertiary/aromatic N) is 4. The van der Waals surface area contributed by atoms with Gasteiger partial charge in [-0.2, -0.15) is 4.98 Å². The summed E-state index contributed by atoms with van der Waals surface area (Å²) in [5, 5.41) is 4.09. The fourth-order valence-corrected chi connectivity index (χ4v) is 3.04. The second-order valence-electron chi connectivity index (χ2n) is 5.63. The highest BCUT2D eigenvalue weighted by Gasteiger charge is 2.23. The molecule has 3 heterocycles. The Balaban J connectivity index is 1.51. The van der Waals surface area contributed by atoms with Crippen LogP contribution in [0.3, 0.4) is 0 Å². The van der Waals surface area contributed by atoms with Crippen molar-refractivity contribution in [2.45, 2.75) is 18.9 Å². The van der Waals surface area contributed by atoms with Crippen LogP contribution >= 0.6 is 11.6 Å². The molecule has 6 nitrogen and oxygen atoms in total. The SMILES string of the molecule is Clc1ccc2nc(N3CCCC(Nc4ccncn4)C3)oc2c1. The Kier molecular flexibility index (Phi) is 3.75. The highest BCUT2D eigenvalue weighted by atomic mass is 35.5. The van der Waals surface area contributed by atoms with Crippen LogP contribution in [-0.4, -0.2) is 34.1 Å². The fourth-order valence-electron chi connectivity index (χ4n) is 2.88. The molecular formula is C16H16ClN5O. The first kappa shape index (κ1) is 14.3. The maximum absolute atomic E-state index is 6.00. The van der Waals surface area contributed by atoms with Gasteiger partial charge in [-0.05, 0) is 31.0 Å². The van der Waals surface area contributed by atoms with Crippen LogP contribution in [0.2, 0.25) is 5.02 Å². The van der Waals surface area contributed by atoms with Crippen LogP contribution in [-0.2, 0) is 0 Å². The van der Waals surface area contributed by atoms with Crippen LogP contribution in [0, 0.1) is 0 Å². The predicted octanol–water partition coefficient (Wildman–Crippen LogP) is 3.35. The van der Waals surface area contributed by atoms with Crippen LogP contribution in [0.15, 0.2) is 41.2 Å². The van der Waals surface area contributed by atoms with Gasteiger partial charge >= 0.3 is 0 Å². The van der Waals surface area contributed by atoms with Gasteiger partial charge in [-0.15, -0.1) is 0 Å². The third-order valence-corrected chi connectivity index (χ3v) is 4.20. The fraction of sp³-hybridized carbons (Fsp3) is 0.312. The lowest BCUT2D eigenvalue weighted by Crippen LogP contribution is -2.42. The second kappa shape index (κ2) is 6.04. The van der Waals surface area contributed by atoms with Crippen molar-refractivity contribution in [2.24, 2.45) is 0 Å². The third kappa shape index (κ3) is 3.07. The number of hydrogen-bond acceptors (Lipinski definition) is 6. The summed E-state index contributed by atoms with van der Waals surface area (Å²) in [6.45, 7) is 1.76. The van der Waals surface area contributed by atoms with Crippen molar-refractivity contribution < 1.29 is 4.42 Å². The molecule has 7 heteroatoms. The normalized spacial score (nSPS) is 18.3. The van der Waals surface area contributed by atoms with Crippen LogP contribution in [0.1, 0.15) is 12.8 Å². The molecule has 0 radical (unpaired) electrons. The van der Waals surface area contributed by atoms with Gasteiger partial charge in [-0.3, -0.25) is 0 Å². The van der Waals surface area contributed by atoms with Gasteiger partial charge in [0, 0.05) is 36.4 Å². The van der Waals surface area contributed by atoms with E-state index >= 15 is 0 Å². The number of halogens is 1. The number of aromatic nitrogens is 3. The van der Waals surface area contributed by atoms with Crippen molar-refractivity contribution in [3.05, 3.63) is 41.8 Å². The molecule has 3 aromatic rings. The lowest BCUT2D eigenvalue weighted by atomic mass is 10.1. The molecule has 1 fully saturated rings. The van der Waals surface area contributed by atoms with Crippen LogP contribution in [0.5, 0.6) is 0 Å². The highest BCUT2D eigenvalue weighted by molar-refractivity contribution is 6.31. The number of benzene rings is 1. The van der Waals surface area contributed by atoms with E-state index in [1.807, 2.05) is 18.2 Å². The maximum atomic E-state index is 6.00. The minimum atomic E-state index is 0.303. The molecule has 0 bridgehead atoms. The quantitative estimate of drug-likeness (QED) is 0.794. The van der Waals surface area contributed by atoms with Crippen molar-refractivity contribution in [1.82, 2.24) is 15.0 Å². The molecule has 1 N–H and O–H groups in total. The van der Waals surface area contributed by atoms with Crippen LogP contribution < -0.4 is 10.2 Å². The van der Waals surface area contributed by atoms with E-state index in [0.29, 0.717) is 17.1 Å². The number of fused-ring (bicyclic) bond motifs is 1.